The number of rotatable bonds is 10. The Morgan fingerprint density at radius 3 is 2.49 bits per heavy atom. The smallest absolute Gasteiger partial charge is 0.294 e. The van der Waals surface area contributed by atoms with E-state index in [1.807, 2.05) is 6.07 Å². The Kier molecular flexibility index (Phi) is 8.65. The predicted octanol–water partition coefficient (Wildman–Crippen LogP) is 3.08. The fraction of sp³-hybridized carbons (Fsp3) is 0.217. The molecule has 190 valence electrons. The highest BCUT2D eigenvalue weighted by atomic mass is 32.2. The van der Waals surface area contributed by atoms with Crippen LogP contribution in [0.5, 0.6) is 0 Å². The summed E-state index contributed by atoms with van der Waals surface area (Å²) < 4.78 is 33.1. The summed E-state index contributed by atoms with van der Waals surface area (Å²) in [5, 5.41) is 43.0. The lowest BCUT2D eigenvalue weighted by Crippen LogP contribution is -2.27. The van der Waals surface area contributed by atoms with Gasteiger partial charge in [0.05, 0.1) is 41.6 Å². The number of nitriles is 2. The Balaban J connectivity index is 2.01. The highest BCUT2D eigenvalue weighted by Crippen LogP contribution is 2.33. The predicted molar refractivity (Wildman–Crippen MR) is 133 cm³/mol. The van der Waals surface area contributed by atoms with Crippen LogP contribution in [0.1, 0.15) is 18.9 Å². The number of amides is 1. The molecule has 13 nitrogen and oxygen atoms in total. The third-order valence-electron chi connectivity index (χ3n) is 5.02. The molecule has 1 heterocycles. The largest absolute Gasteiger partial charge is 0.395 e. The Morgan fingerprint density at radius 2 is 1.89 bits per heavy atom. The van der Waals surface area contributed by atoms with Gasteiger partial charge in [0.15, 0.2) is 5.82 Å². The molecule has 0 aliphatic rings. The van der Waals surface area contributed by atoms with Crippen LogP contribution in [0, 0.1) is 22.7 Å². The zero-order valence-corrected chi connectivity index (χ0v) is 20.4. The van der Waals surface area contributed by atoms with E-state index in [1.165, 1.54) is 42.1 Å². The Hall–Kier alpha value is -4.63. The SMILES string of the molecule is CC(=O)Nc1cc(N(CCO)CCC#N)ccc1N=Nc1c(C#N)cnn1-c1ccc(S(=O)(=O)O)cc1. The summed E-state index contributed by atoms with van der Waals surface area (Å²) in [5.74, 6) is -0.308. The molecule has 0 unspecified atom stereocenters. The molecule has 2 aromatic carbocycles. The van der Waals surface area contributed by atoms with Crippen LogP contribution in [0.3, 0.4) is 0 Å². The summed E-state index contributed by atoms with van der Waals surface area (Å²) in [6.07, 6.45) is 1.51. The third-order valence-corrected chi connectivity index (χ3v) is 5.88. The second kappa shape index (κ2) is 11.9. The summed E-state index contributed by atoms with van der Waals surface area (Å²) in [5.41, 5.74) is 1.68. The second-order valence-corrected chi connectivity index (χ2v) is 9.00. The van der Waals surface area contributed by atoms with Crippen LogP contribution < -0.4 is 10.2 Å². The van der Waals surface area contributed by atoms with Crippen LogP contribution in [-0.4, -0.2) is 53.5 Å². The van der Waals surface area contributed by atoms with Crippen LogP contribution in [0.2, 0.25) is 0 Å². The van der Waals surface area contributed by atoms with Gasteiger partial charge in [-0.25, -0.2) is 4.68 Å². The molecule has 1 amide bonds. The molecule has 3 rings (SSSR count). The van der Waals surface area contributed by atoms with Gasteiger partial charge in [0.25, 0.3) is 10.1 Å². The molecule has 0 aliphatic heterocycles. The van der Waals surface area contributed by atoms with Gasteiger partial charge in [-0.3, -0.25) is 9.35 Å². The third kappa shape index (κ3) is 6.74. The van der Waals surface area contributed by atoms with Crippen LogP contribution >= 0.6 is 0 Å². The van der Waals surface area contributed by atoms with E-state index in [0.717, 1.165) is 0 Å². The van der Waals surface area contributed by atoms with Crippen LogP contribution in [-0.2, 0) is 14.9 Å². The fourth-order valence-electron chi connectivity index (χ4n) is 3.34. The van der Waals surface area contributed by atoms with Gasteiger partial charge in [0.1, 0.15) is 17.3 Å². The van der Waals surface area contributed by atoms with Gasteiger partial charge >= 0.3 is 0 Å². The first kappa shape index (κ1) is 27.0. The molecule has 14 heteroatoms. The summed E-state index contributed by atoms with van der Waals surface area (Å²) in [6.45, 7) is 1.85. The maximum absolute atomic E-state index is 11.8. The van der Waals surface area contributed by atoms with Gasteiger partial charge in [-0.05, 0) is 42.5 Å². The van der Waals surface area contributed by atoms with Crippen molar-refractivity contribution in [3.8, 4) is 17.8 Å². The van der Waals surface area contributed by atoms with E-state index in [4.69, 9.17) is 5.26 Å². The maximum Gasteiger partial charge on any atom is 0.294 e. The van der Waals surface area contributed by atoms with Crippen molar-refractivity contribution in [3.05, 3.63) is 54.2 Å². The van der Waals surface area contributed by atoms with E-state index in [0.29, 0.717) is 23.6 Å². The summed E-state index contributed by atoms with van der Waals surface area (Å²) in [6, 6.07) is 14.1. The average Bonchev–Trinajstić information content (AvgIpc) is 3.28. The zero-order valence-electron chi connectivity index (χ0n) is 19.6. The molecule has 0 spiro atoms. The van der Waals surface area contributed by atoms with Crippen LogP contribution in [0.15, 0.2) is 63.8 Å². The number of benzene rings is 2. The van der Waals surface area contributed by atoms with E-state index < -0.39 is 10.1 Å². The Morgan fingerprint density at radius 1 is 1.16 bits per heavy atom. The van der Waals surface area contributed by atoms with Crippen molar-refractivity contribution < 1.29 is 22.9 Å². The van der Waals surface area contributed by atoms with Crippen molar-refractivity contribution >= 4 is 38.9 Å². The van der Waals surface area contributed by atoms with Crippen molar-refractivity contribution in [3.63, 3.8) is 0 Å². The van der Waals surface area contributed by atoms with E-state index >= 15 is 0 Å². The zero-order chi connectivity index (χ0) is 27.0. The molecule has 37 heavy (non-hydrogen) atoms. The second-order valence-electron chi connectivity index (χ2n) is 7.58. The fourth-order valence-corrected chi connectivity index (χ4v) is 3.82. The number of carbonyl (C=O) groups excluding carboxylic acids is 1. The molecule has 0 atom stereocenters. The molecular formula is C23H22N8O5S. The van der Waals surface area contributed by atoms with Gasteiger partial charge in [0.2, 0.25) is 5.91 Å². The number of hydrogen-bond acceptors (Lipinski definition) is 10. The molecule has 0 saturated carbocycles. The first-order valence-corrected chi connectivity index (χ1v) is 12.2. The van der Waals surface area contributed by atoms with Gasteiger partial charge in [0, 0.05) is 25.7 Å². The van der Waals surface area contributed by atoms with Crippen LogP contribution in [0.25, 0.3) is 5.69 Å². The number of aromatic nitrogens is 2. The minimum atomic E-state index is -4.38. The number of nitrogens with one attached hydrogen (secondary N) is 1. The molecule has 0 radical (unpaired) electrons. The molecule has 0 fully saturated rings. The van der Waals surface area contributed by atoms with Gasteiger partial charge in [-0.1, -0.05) is 0 Å². The minimum absolute atomic E-state index is 0.0517. The highest BCUT2D eigenvalue weighted by molar-refractivity contribution is 7.85. The molecule has 0 aliphatic carbocycles. The average molecular weight is 523 g/mol. The van der Waals surface area contributed by atoms with Crippen molar-refractivity contribution in [1.29, 1.82) is 10.5 Å². The quantitative estimate of drug-likeness (QED) is 0.264. The minimum Gasteiger partial charge on any atom is -0.395 e. The number of carbonyl (C=O) groups is 1. The van der Waals surface area contributed by atoms with Crippen molar-refractivity contribution in [2.45, 2.75) is 18.2 Å². The molecule has 0 saturated heterocycles. The molecule has 1 aromatic heterocycles. The number of nitrogens with zero attached hydrogens (tertiary/aromatic N) is 7. The van der Waals surface area contributed by atoms with E-state index in [2.05, 4.69) is 26.7 Å². The lowest BCUT2D eigenvalue weighted by Gasteiger charge is -2.23. The van der Waals surface area contributed by atoms with E-state index in [1.54, 1.807) is 23.1 Å². The van der Waals surface area contributed by atoms with Crippen LogP contribution in [0.4, 0.5) is 22.9 Å². The van der Waals surface area contributed by atoms with Crippen molar-refractivity contribution in [2.75, 3.05) is 29.9 Å². The summed E-state index contributed by atoms with van der Waals surface area (Å²) >= 11 is 0. The topological polar surface area (TPSA) is 197 Å². The van der Waals surface area contributed by atoms with Gasteiger partial charge in [-0.15, -0.1) is 10.2 Å². The number of hydrogen-bond donors (Lipinski definition) is 3. The lowest BCUT2D eigenvalue weighted by molar-refractivity contribution is -0.114. The summed E-state index contributed by atoms with van der Waals surface area (Å²) in [4.78, 5) is 13.3. The number of azo groups is 1. The number of aliphatic hydroxyl groups excluding tert-OH is 1. The molecule has 0 bridgehead atoms. The Bertz CT molecular complexity index is 1500. The van der Waals surface area contributed by atoms with Crippen molar-refractivity contribution in [1.82, 2.24) is 9.78 Å². The monoisotopic (exact) mass is 522 g/mol. The van der Waals surface area contributed by atoms with Gasteiger partial charge < -0.3 is 15.3 Å². The van der Waals surface area contributed by atoms with Gasteiger partial charge in [-0.2, -0.15) is 24.0 Å². The van der Waals surface area contributed by atoms with E-state index in [9.17, 15) is 28.1 Å². The molecular weight excluding hydrogens is 500 g/mol. The van der Waals surface area contributed by atoms with Crippen molar-refractivity contribution in [2.24, 2.45) is 10.2 Å². The normalized spacial score (nSPS) is 11.2. The lowest BCUT2D eigenvalue weighted by atomic mass is 10.2. The first-order valence-electron chi connectivity index (χ1n) is 10.8. The molecule has 3 aromatic rings. The number of aliphatic hydroxyl groups is 1. The summed E-state index contributed by atoms with van der Waals surface area (Å²) in [7, 11) is -4.38. The Labute approximate surface area is 212 Å². The first-order chi connectivity index (χ1) is 17.7. The highest BCUT2D eigenvalue weighted by Gasteiger charge is 2.15. The molecule has 3 N–H and O–H groups in total. The maximum atomic E-state index is 11.8. The van der Waals surface area contributed by atoms with E-state index in [-0.39, 0.29) is 47.4 Å². The standard InChI is InChI=1S/C23H22N8O5S/c1-16(33)27-22-13-19(30(11-12-32)10-2-9-24)5-8-21(22)28-29-23-17(14-25)15-26-31(23)18-3-6-20(7-4-18)37(34,35)36/h3-8,13,15,32H,2,10-12H2,1H3,(H,27,33)(H,34,35,36). The number of anilines is 2.